The van der Waals surface area contributed by atoms with Crippen molar-refractivity contribution in [3.63, 3.8) is 0 Å². The first kappa shape index (κ1) is 19.2. The molecule has 1 fully saturated rings. The first-order valence-electron chi connectivity index (χ1n) is 8.30. The fourth-order valence-electron chi connectivity index (χ4n) is 2.77. The molecule has 0 bridgehead atoms. The number of rotatable bonds is 5. The van der Waals surface area contributed by atoms with Gasteiger partial charge < -0.3 is 19.3 Å². The van der Waals surface area contributed by atoms with E-state index in [0.717, 1.165) is 11.4 Å². The van der Waals surface area contributed by atoms with Gasteiger partial charge in [-0.25, -0.2) is 4.98 Å². The van der Waals surface area contributed by atoms with Crippen LogP contribution in [-0.2, 0) is 14.3 Å². The molecule has 2 heterocycles. The number of carbonyl (C=O) groups is 1. The zero-order valence-electron chi connectivity index (χ0n) is 15.6. The van der Waals surface area contributed by atoms with Gasteiger partial charge in [0.2, 0.25) is 5.91 Å². The van der Waals surface area contributed by atoms with Gasteiger partial charge in [0.05, 0.1) is 18.3 Å². The molecule has 2 rings (SSSR count). The van der Waals surface area contributed by atoms with Gasteiger partial charge >= 0.3 is 0 Å². The average Bonchev–Trinajstić information content (AvgIpc) is 2.53. The lowest BCUT2D eigenvalue weighted by atomic mass is 10.1. The molecule has 7 nitrogen and oxygen atoms in total. The van der Waals surface area contributed by atoms with E-state index in [4.69, 9.17) is 9.47 Å². The third-order valence-electron chi connectivity index (χ3n) is 4.02. The van der Waals surface area contributed by atoms with Crippen LogP contribution >= 0.6 is 0 Å². The van der Waals surface area contributed by atoms with E-state index >= 15 is 0 Å². The van der Waals surface area contributed by atoms with Crippen molar-refractivity contribution >= 4 is 11.7 Å². The number of carbonyl (C=O) groups excluding carboxylic acids is 1. The summed E-state index contributed by atoms with van der Waals surface area (Å²) in [5.41, 5.74) is 0.920. The van der Waals surface area contributed by atoms with Crippen molar-refractivity contribution in [1.29, 1.82) is 5.26 Å². The molecule has 1 saturated heterocycles. The highest BCUT2D eigenvalue weighted by Crippen LogP contribution is 2.25. The van der Waals surface area contributed by atoms with Crippen LogP contribution in [0.1, 0.15) is 25.1 Å². The van der Waals surface area contributed by atoms with Crippen molar-refractivity contribution in [3.8, 4) is 6.07 Å². The number of hydrogen-bond acceptors (Lipinski definition) is 6. The molecule has 1 aliphatic rings. The van der Waals surface area contributed by atoms with Crippen molar-refractivity contribution in [1.82, 2.24) is 9.88 Å². The minimum absolute atomic E-state index is 0.0364. The third-order valence-corrected chi connectivity index (χ3v) is 4.02. The van der Waals surface area contributed by atoms with E-state index in [1.54, 1.807) is 14.1 Å². The maximum absolute atomic E-state index is 11.6. The van der Waals surface area contributed by atoms with Gasteiger partial charge in [-0.1, -0.05) is 6.07 Å². The number of morpholine rings is 1. The largest absolute Gasteiger partial charge is 0.369 e. The van der Waals surface area contributed by atoms with Gasteiger partial charge in [-0.05, 0) is 32.4 Å². The Bertz CT molecular complexity index is 667. The molecular weight excluding hydrogens is 320 g/mol. The molecule has 0 aliphatic carbocycles. The summed E-state index contributed by atoms with van der Waals surface area (Å²) in [6.45, 7) is 7.52. The number of aryl methyl sites for hydroxylation is 1. The van der Waals surface area contributed by atoms with E-state index in [0.29, 0.717) is 25.4 Å². The zero-order valence-corrected chi connectivity index (χ0v) is 15.6. The van der Waals surface area contributed by atoms with Gasteiger partial charge in [-0.3, -0.25) is 4.79 Å². The van der Waals surface area contributed by atoms with Gasteiger partial charge in [0.15, 0.2) is 0 Å². The van der Waals surface area contributed by atoms with Crippen LogP contribution in [0.2, 0.25) is 0 Å². The minimum atomic E-state index is -0.378. The summed E-state index contributed by atoms with van der Waals surface area (Å²) in [6, 6.07) is 5.96. The molecule has 0 unspecified atom stereocenters. The molecule has 7 heteroatoms. The van der Waals surface area contributed by atoms with Gasteiger partial charge in [-0.15, -0.1) is 0 Å². The standard InChI is InChI=1S/C18H26N4O3/c1-13-6-7-16(20-15(13)8-19)22-9-14(25-18(2,3)12-22)10-24-11-17(23)21(4)5/h6-7,14H,9-12H2,1-5H3/t14-/m1/s1. The van der Waals surface area contributed by atoms with E-state index in [2.05, 4.69) is 16.0 Å². The molecule has 1 atom stereocenters. The molecule has 1 aromatic heterocycles. The van der Waals surface area contributed by atoms with E-state index < -0.39 is 0 Å². The second-order valence-electron chi connectivity index (χ2n) is 7.13. The Morgan fingerprint density at radius 2 is 2.24 bits per heavy atom. The van der Waals surface area contributed by atoms with E-state index in [1.807, 2.05) is 32.9 Å². The van der Waals surface area contributed by atoms with Gasteiger partial charge in [0.25, 0.3) is 0 Å². The predicted molar refractivity (Wildman–Crippen MR) is 94.4 cm³/mol. The molecular formula is C18H26N4O3. The van der Waals surface area contributed by atoms with Gasteiger partial charge in [0, 0.05) is 27.2 Å². The number of amides is 1. The Kier molecular flexibility index (Phi) is 5.98. The Balaban J connectivity index is 2.05. The fraction of sp³-hybridized carbons (Fsp3) is 0.611. The molecule has 136 valence electrons. The zero-order chi connectivity index (χ0) is 18.6. The first-order chi connectivity index (χ1) is 11.7. The lowest BCUT2D eigenvalue weighted by Crippen LogP contribution is -2.54. The van der Waals surface area contributed by atoms with Gasteiger partial charge in [-0.2, -0.15) is 5.26 Å². The average molecular weight is 346 g/mol. The number of likely N-dealkylation sites (N-methyl/N-ethyl adjacent to an activating group) is 1. The monoisotopic (exact) mass is 346 g/mol. The fourth-order valence-corrected chi connectivity index (χ4v) is 2.77. The summed E-state index contributed by atoms with van der Waals surface area (Å²) in [5, 5.41) is 9.20. The molecule has 0 spiro atoms. The SMILES string of the molecule is Cc1ccc(N2C[C@H](COCC(=O)N(C)C)OC(C)(C)C2)nc1C#N. The van der Waals surface area contributed by atoms with Crippen LogP contribution in [0.3, 0.4) is 0 Å². The van der Waals surface area contributed by atoms with E-state index in [9.17, 15) is 10.1 Å². The summed E-state index contributed by atoms with van der Waals surface area (Å²) in [5.74, 6) is 0.679. The number of hydrogen-bond donors (Lipinski definition) is 0. The van der Waals surface area contributed by atoms with Crippen LogP contribution in [-0.4, -0.2) is 67.9 Å². The van der Waals surface area contributed by atoms with Crippen LogP contribution in [0.4, 0.5) is 5.82 Å². The highest BCUT2D eigenvalue weighted by atomic mass is 16.5. The topological polar surface area (TPSA) is 78.7 Å². The normalized spacial score (nSPS) is 19.4. The summed E-state index contributed by atoms with van der Waals surface area (Å²) in [7, 11) is 3.40. The Hall–Kier alpha value is -2.17. The number of nitriles is 1. The van der Waals surface area contributed by atoms with Crippen molar-refractivity contribution in [2.24, 2.45) is 0 Å². The third kappa shape index (κ3) is 5.15. The van der Waals surface area contributed by atoms with Gasteiger partial charge in [0.1, 0.15) is 24.2 Å². The Morgan fingerprint density at radius 1 is 1.52 bits per heavy atom. The maximum Gasteiger partial charge on any atom is 0.248 e. The lowest BCUT2D eigenvalue weighted by Gasteiger charge is -2.43. The summed E-state index contributed by atoms with van der Waals surface area (Å²) >= 11 is 0. The van der Waals surface area contributed by atoms with Crippen molar-refractivity contribution in [2.75, 3.05) is 45.3 Å². The molecule has 1 amide bonds. The molecule has 0 aromatic carbocycles. The van der Waals surface area contributed by atoms with Crippen molar-refractivity contribution < 1.29 is 14.3 Å². The number of anilines is 1. The second kappa shape index (κ2) is 7.81. The van der Waals surface area contributed by atoms with Crippen molar-refractivity contribution in [3.05, 3.63) is 23.4 Å². The number of pyridine rings is 1. The minimum Gasteiger partial charge on any atom is -0.369 e. The first-order valence-corrected chi connectivity index (χ1v) is 8.30. The Morgan fingerprint density at radius 3 is 2.88 bits per heavy atom. The van der Waals surface area contributed by atoms with Crippen molar-refractivity contribution in [2.45, 2.75) is 32.5 Å². The van der Waals surface area contributed by atoms with E-state index in [-0.39, 0.29) is 24.2 Å². The summed E-state index contributed by atoms with van der Waals surface area (Å²) in [4.78, 5) is 19.7. The molecule has 0 radical (unpaired) electrons. The summed E-state index contributed by atoms with van der Waals surface area (Å²) in [6.07, 6.45) is -0.174. The number of nitrogens with zero attached hydrogens (tertiary/aromatic N) is 4. The van der Waals surface area contributed by atoms with E-state index in [1.165, 1.54) is 4.90 Å². The smallest absolute Gasteiger partial charge is 0.248 e. The Labute approximate surface area is 149 Å². The lowest BCUT2D eigenvalue weighted by molar-refractivity contribution is -0.139. The van der Waals surface area contributed by atoms with Crippen LogP contribution in [0, 0.1) is 18.3 Å². The van der Waals surface area contributed by atoms with Crippen LogP contribution in [0.15, 0.2) is 12.1 Å². The number of ether oxygens (including phenoxy) is 2. The predicted octanol–water partition coefficient (Wildman–Crippen LogP) is 1.35. The molecule has 25 heavy (non-hydrogen) atoms. The maximum atomic E-state index is 11.6. The summed E-state index contributed by atoms with van der Waals surface area (Å²) < 4.78 is 11.6. The van der Waals surface area contributed by atoms with Crippen LogP contribution in [0.5, 0.6) is 0 Å². The molecule has 0 saturated carbocycles. The van der Waals surface area contributed by atoms with Crippen LogP contribution in [0.25, 0.3) is 0 Å². The quantitative estimate of drug-likeness (QED) is 0.801. The molecule has 1 aliphatic heterocycles. The second-order valence-corrected chi connectivity index (χ2v) is 7.13. The van der Waals surface area contributed by atoms with Crippen LogP contribution < -0.4 is 4.90 Å². The molecule has 0 N–H and O–H groups in total. The highest BCUT2D eigenvalue weighted by molar-refractivity contribution is 5.76. The number of aromatic nitrogens is 1. The molecule has 1 aromatic rings. The highest BCUT2D eigenvalue weighted by Gasteiger charge is 2.34.